The van der Waals surface area contributed by atoms with Gasteiger partial charge in [-0.15, -0.1) is 0 Å². The summed E-state index contributed by atoms with van der Waals surface area (Å²) in [5, 5.41) is 0.712. The van der Waals surface area contributed by atoms with E-state index < -0.39 is 11.2 Å². The van der Waals surface area contributed by atoms with Crippen LogP contribution in [0.4, 0.5) is 0 Å². The lowest BCUT2D eigenvalue weighted by Crippen LogP contribution is -2.29. The van der Waals surface area contributed by atoms with Crippen molar-refractivity contribution in [3.8, 4) is 0 Å². The third-order valence-electron chi connectivity index (χ3n) is 4.89. The molecule has 0 saturated heterocycles. The van der Waals surface area contributed by atoms with Gasteiger partial charge in [-0.1, -0.05) is 59.8 Å². The number of fused-ring (bicyclic) bond motifs is 1. The molecule has 1 N–H and O–H groups in total. The van der Waals surface area contributed by atoms with Gasteiger partial charge in [0.15, 0.2) is 16.3 Å². The van der Waals surface area contributed by atoms with Crippen LogP contribution in [0.5, 0.6) is 0 Å². The Morgan fingerprint density at radius 1 is 1.03 bits per heavy atom. The van der Waals surface area contributed by atoms with Crippen molar-refractivity contribution < 1.29 is 0 Å². The molecule has 0 saturated carbocycles. The summed E-state index contributed by atoms with van der Waals surface area (Å²) in [6, 6.07) is 18.4. The van der Waals surface area contributed by atoms with Gasteiger partial charge in [0.2, 0.25) is 0 Å². The Bertz CT molecular complexity index is 1250. The maximum Gasteiger partial charge on any atom is 0.329 e. The molecule has 2 aromatic heterocycles. The van der Waals surface area contributed by atoms with E-state index in [4.69, 9.17) is 0 Å². The number of rotatable bonds is 6. The number of hydrogen-bond acceptors (Lipinski definition) is 4. The zero-order valence-corrected chi connectivity index (χ0v) is 17.2. The van der Waals surface area contributed by atoms with Crippen molar-refractivity contribution in [3.05, 3.63) is 86.6 Å². The number of nitrogens with zero attached hydrogens (tertiary/aromatic N) is 3. The summed E-state index contributed by atoms with van der Waals surface area (Å²) in [7, 11) is 1.63. The summed E-state index contributed by atoms with van der Waals surface area (Å²) < 4.78 is 3.32. The van der Waals surface area contributed by atoms with Gasteiger partial charge in [0.1, 0.15) is 0 Å². The van der Waals surface area contributed by atoms with Gasteiger partial charge in [-0.2, -0.15) is 0 Å². The molecule has 0 fully saturated rings. The van der Waals surface area contributed by atoms with Crippen molar-refractivity contribution in [3.63, 3.8) is 0 Å². The standard InChI is InChI=1S/C22H22N4O2S/c1-15-10-12-17(13-11-15)29-22-23-19-18(20(27)24-21(28)25(19)2)26(22)14-6-9-16-7-4-3-5-8-16/h3-5,7-8,10-13H,6,9,14H2,1-2H3,(H,24,27,28). The molecule has 0 aliphatic heterocycles. The van der Waals surface area contributed by atoms with Gasteiger partial charge in [0.25, 0.3) is 5.56 Å². The predicted octanol–water partition coefficient (Wildman–Crippen LogP) is 3.52. The summed E-state index contributed by atoms with van der Waals surface area (Å²) in [5.41, 5.74) is 2.44. The molecule has 0 spiro atoms. The van der Waals surface area contributed by atoms with Crippen LogP contribution in [0.25, 0.3) is 11.2 Å². The fourth-order valence-electron chi connectivity index (χ4n) is 3.30. The first-order valence-electron chi connectivity index (χ1n) is 9.51. The van der Waals surface area contributed by atoms with Crippen LogP contribution in [0.15, 0.2) is 74.2 Å². The first-order valence-corrected chi connectivity index (χ1v) is 10.3. The molecular formula is C22H22N4O2S. The third kappa shape index (κ3) is 4.05. The van der Waals surface area contributed by atoms with Crippen LogP contribution in [0.3, 0.4) is 0 Å². The Morgan fingerprint density at radius 3 is 2.48 bits per heavy atom. The van der Waals surface area contributed by atoms with E-state index in [9.17, 15) is 9.59 Å². The van der Waals surface area contributed by atoms with Gasteiger partial charge >= 0.3 is 5.69 Å². The van der Waals surface area contributed by atoms with Gasteiger partial charge in [0, 0.05) is 18.5 Å². The Kier molecular flexibility index (Phi) is 5.40. The number of benzene rings is 2. The largest absolute Gasteiger partial charge is 0.329 e. The van der Waals surface area contributed by atoms with Crippen molar-refractivity contribution in [1.29, 1.82) is 0 Å². The summed E-state index contributed by atoms with van der Waals surface area (Å²) in [5.74, 6) is 0. The molecule has 29 heavy (non-hydrogen) atoms. The topological polar surface area (TPSA) is 72.7 Å². The Hall–Kier alpha value is -3.06. The zero-order valence-electron chi connectivity index (χ0n) is 16.4. The van der Waals surface area contributed by atoms with Crippen molar-refractivity contribution in [2.45, 2.75) is 36.4 Å². The van der Waals surface area contributed by atoms with Crippen LogP contribution < -0.4 is 11.2 Å². The second-order valence-corrected chi connectivity index (χ2v) is 8.08. The Labute approximate surface area is 172 Å². The number of aromatic nitrogens is 4. The van der Waals surface area contributed by atoms with E-state index in [0.717, 1.165) is 17.7 Å². The molecule has 7 heteroatoms. The minimum Gasteiger partial charge on any atom is -0.313 e. The average Bonchev–Trinajstić information content (AvgIpc) is 3.08. The fraction of sp³-hybridized carbons (Fsp3) is 0.227. The highest BCUT2D eigenvalue weighted by atomic mass is 32.2. The third-order valence-corrected chi connectivity index (χ3v) is 5.89. The number of aryl methyl sites for hydroxylation is 4. The maximum absolute atomic E-state index is 12.6. The number of imidazole rings is 1. The van der Waals surface area contributed by atoms with E-state index >= 15 is 0 Å². The van der Waals surface area contributed by atoms with E-state index in [1.807, 2.05) is 54.0 Å². The lowest BCUT2D eigenvalue weighted by Gasteiger charge is -2.09. The zero-order chi connectivity index (χ0) is 20.4. The Morgan fingerprint density at radius 2 is 1.76 bits per heavy atom. The van der Waals surface area contributed by atoms with Crippen molar-refractivity contribution in [2.75, 3.05) is 0 Å². The lowest BCUT2D eigenvalue weighted by molar-refractivity contribution is 0.608. The van der Waals surface area contributed by atoms with Crippen LogP contribution in [-0.2, 0) is 20.0 Å². The van der Waals surface area contributed by atoms with E-state index in [2.05, 4.69) is 22.1 Å². The summed E-state index contributed by atoms with van der Waals surface area (Å²) in [6.07, 6.45) is 1.76. The summed E-state index contributed by atoms with van der Waals surface area (Å²) in [6.45, 7) is 2.68. The van der Waals surface area contributed by atoms with Crippen molar-refractivity contribution in [1.82, 2.24) is 19.1 Å². The number of aromatic amines is 1. The van der Waals surface area contributed by atoms with Gasteiger partial charge < -0.3 is 4.57 Å². The predicted molar refractivity (Wildman–Crippen MR) is 116 cm³/mol. The smallest absolute Gasteiger partial charge is 0.313 e. The van der Waals surface area contributed by atoms with E-state index in [1.54, 1.807) is 7.05 Å². The second-order valence-electron chi connectivity index (χ2n) is 7.04. The highest BCUT2D eigenvalue weighted by molar-refractivity contribution is 7.99. The first-order chi connectivity index (χ1) is 14.0. The van der Waals surface area contributed by atoms with Crippen molar-refractivity contribution >= 4 is 22.9 Å². The van der Waals surface area contributed by atoms with Gasteiger partial charge in [-0.25, -0.2) is 9.78 Å². The number of H-pyrrole nitrogens is 1. The Balaban J connectivity index is 1.72. The van der Waals surface area contributed by atoms with Gasteiger partial charge in [0.05, 0.1) is 0 Å². The first kappa shape index (κ1) is 19.3. The molecule has 0 aliphatic rings. The van der Waals surface area contributed by atoms with Gasteiger partial charge in [-0.05, 0) is 37.5 Å². The quantitative estimate of drug-likeness (QED) is 0.532. The molecule has 0 radical (unpaired) electrons. The molecule has 0 aliphatic carbocycles. The number of nitrogens with one attached hydrogen (secondary N) is 1. The summed E-state index contributed by atoms with van der Waals surface area (Å²) in [4.78, 5) is 32.7. The van der Waals surface area contributed by atoms with E-state index in [-0.39, 0.29) is 0 Å². The molecule has 0 unspecified atom stereocenters. The molecule has 4 aromatic rings. The monoisotopic (exact) mass is 406 g/mol. The van der Waals surface area contributed by atoms with Crippen LogP contribution >= 0.6 is 11.8 Å². The van der Waals surface area contributed by atoms with Crippen LogP contribution in [0.1, 0.15) is 17.5 Å². The normalized spacial score (nSPS) is 11.2. The molecule has 6 nitrogen and oxygen atoms in total. The SMILES string of the molecule is Cc1ccc(Sc2nc3c(c(=O)[nH]c(=O)n3C)n2CCCc2ccccc2)cc1. The second kappa shape index (κ2) is 8.13. The number of hydrogen-bond donors (Lipinski definition) is 1. The molecule has 0 atom stereocenters. The average molecular weight is 407 g/mol. The highest BCUT2D eigenvalue weighted by Crippen LogP contribution is 2.29. The molecule has 0 bridgehead atoms. The van der Waals surface area contributed by atoms with Crippen LogP contribution in [-0.4, -0.2) is 19.1 Å². The minimum atomic E-state index is -0.455. The molecule has 4 rings (SSSR count). The van der Waals surface area contributed by atoms with E-state index in [0.29, 0.717) is 22.9 Å². The lowest BCUT2D eigenvalue weighted by atomic mass is 10.1. The highest BCUT2D eigenvalue weighted by Gasteiger charge is 2.18. The fourth-order valence-corrected chi connectivity index (χ4v) is 4.21. The molecule has 2 aromatic carbocycles. The maximum atomic E-state index is 12.6. The molecule has 148 valence electrons. The molecule has 0 amide bonds. The van der Waals surface area contributed by atoms with Crippen LogP contribution in [0.2, 0.25) is 0 Å². The van der Waals surface area contributed by atoms with E-state index in [1.165, 1.54) is 27.5 Å². The van der Waals surface area contributed by atoms with Crippen LogP contribution in [0, 0.1) is 6.92 Å². The minimum absolute atomic E-state index is 0.397. The molecular weight excluding hydrogens is 384 g/mol. The van der Waals surface area contributed by atoms with Crippen molar-refractivity contribution in [2.24, 2.45) is 7.05 Å². The molecule has 2 heterocycles. The van der Waals surface area contributed by atoms with Gasteiger partial charge in [-0.3, -0.25) is 14.3 Å². The summed E-state index contributed by atoms with van der Waals surface area (Å²) >= 11 is 1.50.